The Morgan fingerprint density at radius 1 is 1.23 bits per heavy atom. The minimum Gasteiger partial charge on any atom is -0.294 e. The van der Waals surface area contributed by atoms with Gasteiger partial charge in [0, 0.05) is 38.4 Å². The smallest absolute Gasteiger partial charge is 0.139 e. The number of rotatable bonds is 6. The van der Waals surface area contributed by atoms with Crippen LogP contribution in [0.2, 0.25) is 0 Å². The Morgan fingerprint density at radius 2 is 2.09 bits per heavy atom. The highest BCUT2D eigenvalue weighted by molar-refractivity contribution is 5.76. The van der Waals surface area contributed by atoms with E-state index in [0.717, 1.165) is 36.2 Å². The van der Waals surface area contributed by atoms with Crippen LogP contribution in [-0.2, 0) is 20.1 Å². The van der Waals surface area contributed by atoms with Gasteiger partial charge in [0.25, 0.3) is 0 Å². The van der Waals surface area contributed by atoms with Gasteiger partial charge in [-0.2, -0.15) is 5.10 Å². The van der Waals surface area contributed by atoms with Crippen LogP contribution in [0.5, 0.6) is 0 Å². The fraction of sp³-hybridized carbons (Fsp3) is 0.438. The Hall–Kier alpha value is -2.21. The third-order valence-corrected chi connectivity index (χ3v) is 3.55. The summed E-state index contributed by atoms with van der Waals surface area (Å²) < 4.78 is 6.70. The van der Waals surface area contributed by atoms with Crippen LogP contribution in [-0.4, -0.2) is 31.5 Å². The molecule has 3 rings (SSSR count). The number of nitrogens with zero attached hydrogens (tertiary/aromatic N) is 5. The Labute approximate surface area is 129 Å². The van der Waals surface area contributed by atoms with E-state index < -0.39 is 0 Å². The lowest BCUT2D eigenvalue weighted by Crippen LogP contribution is -2.27. The lowest BCUT2D eigenvalue weighted by molar-refractivity contribution is 0.228. The fourth-order valence-corrected chi connectivity index (χ4v) is 2.74. The molecular weight excluding hydrogens is 278 g/mol. The summed E-state index contributed by atoms with van der Waals surface area (Å²) in [6, 6.07) is 6.01. The molecule has 3 aromatic rings. The second-order valence-electron chi connectivity index (χ2n) is 6.13. The Kier molecular flexibility index (Phi) is 4.20. The van der Waals surface area contributed by atoms with Crippen molar-refractivity contribution in [2.45, 2.75) is 26.9 Å². The second kappa shape index (κ2) is 6.27. The van der Waals surface area contributed by atoms with Gasteiger partial charge in [-0.25, -0.2) is 4.63 Å². The molecule has 0 radical (unpaired) electrons. The first kappa shape index (κ1) is 14.7. The third kappa shape index (κ3) is 3.33. The molecular formula is C16H21N5O. The molecule has 0 fully saturated rings. The van der Waals surface area contributed by atoms with E-state index in [9.17, 15) is 0 Å². The largest absolute Gasteiger partial charge is 0.294 e. The van der Waals surface area contributed by atoms with E-state index in [1.165, 1.54) is 5.56 Å². The zero-order chi connectivity index (χ0) is 15.5. The molecule has 2 heterocycles. The molecule has 1 aromatic carbocycles. The summed E-state index contributed by atoms with van der Waals surface area (Å²) in [5, 5.41) is 12.2. The quantitative estimate of drug-likeness (QED) is 0.700. The predicted molar refractivity (Wildman–Crippen MR) is 84.0 cm³/mol. The Bertz CT molecular complexity index is 746. The minimum absolute atomic E-state index is 0.589. The number of hydrogen-bond acceptors (Lipinski definition) is 5. The van der Waals surface area contributed by atoms with Crippen LogP contribution in [0.25, 0.3) is 11.0 Å². The van der Waals surface area contributed by atoms with Gasteiger partial charge in [-0.1, -0.05) is 26.0 Å². The van der Waals surface area contributed by atoms with E-state index in [2.05, 4.69) is 46.4 Å². The zero-order valence-electron chi connectivity index (χ0n) is 13.2. The van der Waals surface area contributed by atoms with Gasteiger partial charge in [0.05, 0.1) is 6.20 Å². The molecule has 6 nitrogen and oxygen atoms in total. The van der Waals surface area contributed by atoms with Crippen LogP contribution in [0.3, 0.4) is 0 Å². The molecule has 0 aliphatic carbocycles. The normalized spacial score (nSPS) is 11.9. The van der Waals surface area contributed by atoms with Crippen LogP contribution < -0.4 is 0 Å². The standard InChI is InChI=1S/C16H21N5O/c1-12(2)8-21(10-13-7-17-20(3)9-13)11-14-5-4-6-15-16(14)19-22-18-15/h4-7,9,12H,8,10-11H2,1-3H3. The molecule has 6 heteroatoms. The maximum absolute atomic E-state index is 4.86. The summed E-state index contributed by atoms with van der Waals surface area (Å²) >= 11 is 0. The van der Waals surface area contributed by atoms with Crippen molar-refractivity contribution in [3.63, 3.8) is 0 Å². The first-order chi connectivity index (χ1) is 10.6. The summed E-state index contributed by atoms with van der Waals surface area (Å²) in [4.78, 5) is 2.41. The van der Waals surface area contributed by atoms with E-state index in [0.29, 0.717) is 5.92 Å². The summed E-state index contributed by atoms with van der Waals surface area (Å²) in [6.45, 7) is 7.16. The highest BCUT2D eigenvalue weighted by Crippen LogP contribution is 2.18. The maximum atomic E-state index is 4.86. The van der Waals surface area contributed by atoms with E-state index in [-0.39, 0.29) is 0 Å². The highest BCUT2D eigenvalue weighted by atomic mass is 16.6. The van der Waals surface area contributed by atoms with Gasteiger partial charge in [-0.05, 0) is 27.9 Å². The van der Waals surface area contributed by atoms with E-state index >= 15 is 0 Å². The molecule has 22 heavy (non-hydrogen) atoms. The van der Waals surface area contributed by atoms with Crippen molar-refractivity contribution in [2.24, 2.45) is 13.0 Å². The summed E-state index contributed by atoms with van der Waals surface area (Å²) in [5.41, 5.74) is 4.02. The van der Waals surface area contributed by atoms with Crippen LogP contribution in [0.15, 0.2) is 35.2 Å². The number of aromatic nitrogens is 4. The molecule has 0 aliphatic heterocycles. The van der Waals surface area contributed by atoms with Gasteiger partial charge < -0.3 is 0 Å². The van der Waals surface area contributed by atoms with Crippen molar-refractivity contribution in [1.29, 1.82) is 0 Å². The minimum atomic E-state index is 0.589. The molecule has 0 saturated carbocycles. The fourth-order valence-electron chi connectivity index (χ4n) is 2.74. The molecule has 0 amide bonds. The van der Waals surface area contributed by atoms with Crippen molar-refractivity contribution in [3.05, 3.63) is 41.7 Å². The van der Waals surface area contributed by atoms with E-state index in [4.69, 9.17) is 4.63 Å². The van der Waals surface area contributed by atoms with Crippen molar-refractivity contribution >= 4 is 11.0 Å². The number of aryl methyl sites for hydroxylation is 1. The number of fused-ring (bicyclic) bond motifs is 1. The zero-order valence-corrected chi connectivity index (χ0v) is 13.2. The molecule has 116 valence electrons. The lowest BCUT2D eigenvalue weighted by atomic mass is 10.1. The molecule has 0 unspecified atom stereocenters. The van der Waals surface area contributed by atoms with E-state index in [1.807, 2.05) is 30.1 Å². The average Bonchev–Trinajstić information content (AvgIpc) is 3.07. The highest BCUT2D eigenvalue weighted by Gasteiger charge is 2.14. The van der Waals surface area contributed by atoms with Crippen LogP contribution in [0.4, 0.5) is 0 Å². The number of benzene rings is 1. The second-order valence-corrected chi connectivity index (χ2v) is 6.13. The molecule has 0 saturated heterocycles. The summed E-state index contributed by atoms with van der Waals surface area (Å²) in [7, 11) is 1.94. The third-order valence-electron chi connectivity index (χ3n) is 3.55. The topological polar surface area (TPSA) is 60.0 Å². The number of hydrogen-bond donors (Lipinski definition) is 0. The molecule has 0 atom stereocenters. The molecule has 0 aliphatic rings. The first-order valence-corrected chi connectivity index (χ1v) is 7.52. The van der Waals surface area contributed by atoms with Crippen molar-refractivity contribution < 1.29 is 4.63 Å². The van der Waals surface area contributed by atoms with Crippen LogP contribution in [0, 0.1) is 5.92 Å². The average molecular weight is 299 g/mol. The summed E-state index contributed by atoms with van der Waals surface area (Å²) in [6.07, 6.45) is 3.98. The molecule has 0 spiro atoms. The van der Waals surface area contributed by atoms with Crippen molar-refractivity contribution in [3.8, 4) is 0 Å². The SMILES string of the molecule is CC(C)CN(Cc1cnn(C)c1)Cc1cccc2nonc12. The lowest BCUT2D eigenvalue weighted by Gasteiger charge is -2.23. The van der Waals surface area contributed by atoms with Crippen LogP contribution >= 0.6 is 0 Å². The van der Waals surface area contributed by atoms with Crippen LogP contribution in [0.1, 0.15) is 25.0 Å². The van der Waals surface area contributed by atoms with Gasteiger partial charge in [0.2, 0.25) is 0 Å². The Morgan fingerprint density at radius 3 is 2.82 bits per heavy atom. The maximum Gasteiger partial charge on any atom is 0.139 e. The van der Waals surface area contributed by atoms with Gasteiger partial charge >= 0.3 is 0 Å². The first-order valence-electron chi connectivity index (χ1n) is 7.52. The van der Waals surface area contributed by atoms with Gasteiger partial charge in [0.1, 0.15) is 11.0 Å². The van der Waals surface area contributed by atoms with Crippen molar-refractivity contribution in [2.75, 3.05) is 6.54 Å². The van der Waals surface area contributed by atoms with Gasteiger partial charge in [-0.3, -0.25) is 9.58 Å². The van der Waals surface area contributed by atoms with E-state index in [1.54, 1.807) is 0 Å². The van der Waals surface area contributed by atoms with Gasteiger partial charge in [0.15, 0.2) is 0 Å². The van der Waals surface area contributed by atoms with Gasteiger partial charge in [-0.15, -0.1) is 0 Å². The molecule has 0 N–H and O–H groups in total. The van der Waals surface area contributed by atoms with Crippen molar-refractivity contribution in [1.82, 2.24) is 25.0 Å². The Balaban J connectivity index is 1.81. The monoisotopic (exact) mass is 299 g/mol. The molecule has 2 aromatic heterocycles. The summed E-state index contributed by atoms with van der Waals surface area (Å²) in [5.74, 6) is 0.589. The molecule has 0 bridgehead atoms. The predicted octanol–water partition coefficient (Wildman–Crippen LogP) is 2.61.